The van der Waals surface area contributed by atoms with Gasteiger partial charge in [-0.05, 0) is 37.0 Å². The van der Waals surface area contributed by atoms with Crippen molar-refractivity contribution in [2.45, 2.75) is 50.7 Å². The van der Waals surface area contributed by atoms with Crippen LogP contribution in [0.3, 0.4) is 0 Å². The summed E-state index contributed by atoms with van der Waals surface area (Å²) < 4.78 is 5.80. The molecule has 1 unspecified atom stereocenters. The molecular formula is C15H22ClNO. The van der Waals surface area contributed by atoms with Crippen molar-refractivity contribution in [3.05, 3.63) is 34.3 Å². The molecule has 0 aliphatic heterocycles. The maximum absolute atomic E-state index is 6.45. The van der Waals surface area contributed by atoms with Crippen LogP contribution in [0.1, 0.15) is 49.3 Å². The molecule has 0 radical (unpaired) electrons. The molecule has 0 heterocycles. The van der Waals surface area contributed by atoms with E-state index in [-0.39, 0.29) is 11.6 Å². The largest absolute Gasteiger partial charge is 0.376 e. The van der Waals surface area contributed by atoms with Gasteiger partial charge in [-0.2, -0.15) is 0 Å². The van der Waals surface area contributed by atoms with E-state index in [4.69, 9.17) is 22.1 Å². The summed E-state index contributed by atoms with van der Waals surface area (Å²) in [5, 5.41) is 0.782. The first kappa shape index (κ1) is 13.9. The Balaban J connectivity index is 2.27. The van der Waals surface area contributed by atoms with Gasteiger partial charge >= 0.3 is 0 Å². The molecule has 2 nitrogen and oxygen atoms in total. The lowest BCUT2D eigenvalue weighted by atomic mass is 9.77. The van der Waals surface area contributed by atoms with E-state index in [1.807, 2.05) is 19.1 Å². The smallest absolute Gasteiger partial charge is 0.0870 e. The second kappa shape index (κ2) is 5.60. The zero-order valence-electron chi connectivity index (χ0n) is 11.2. The molecule has 0 aromatic heterocycles. The summed E-state index contributed by atoms with van der Waals surface area (Å²) in [4.78, 5) is 0. The predicted octanol–water partition coefficient (Wildman–Crippen LogP) is 4.00. The van der Waals surface area contributed by atoms with Gasteiger partial charge in [-0.25, -0.2) is 0 Å². The van der Waals surface area contributed by atoms with Gasteiger partial charge in [0.15, 0.2) is 0 Å². The summed E-state index contributed by atoms with van der Waals surface area (Å²) in [5.74, 6) is 0. The minimum absolute atomic E-state index is 0.0964. The number of hydrogen-bond donors (Lipinski definition) is 1. The van der Waals surface area contributed by atoms with Crippen molar-refractivity contribution in [1.29, 1.82) is 0 Å². The standard InChI is InChI=1S/C15H22ClNO/c1-11-6-7-12(10-13(11)16)14(17)15(18-2)8-4-3-5-9-15/h6-7,10,14H,3-5,8-9,17H2,1-2H3. The molecule has 0 bridgehead atoms. The SMILES string of the molecule is COC1(C(N)c2ccc(C)c(Cl)c2)CCCCC1. The number of methoxy groups -OCH3 is 1. The Morgan fingerprint density at radius 2 is 1.94 bits per heavy atom. The van der Waals surface area contributed by atoms with Gasteiger partial charge in [0.05, 0.1) is 11.6 Å². The van der Waals surface area contributed by atoms with Crippen LogP contribution in [0.15, 0.2) is 18.2 Å². The second-order valence-electron chi connectivity index (χ2n) is 5.32. The van der Waals surface area contributed by atoms with Gasteiger partial charge < -0.3 is 10.5 Å². The molecule has 1 aliphatic carbocycles. The summed E-state index contributed by atoms with van der Waals surface area (Å²) in [6, 6.07) is 5.99. The van der Waals surface area contributed by atoms with Crippen molar-refractivity contribution in [2.24, 2.45) is 5.73 Å². The Bertz CT molecular complexity index is 413. The Labute approximate surface area is 114 Å². The van der Waals surface area contributed by atoms with E-state index in [1.165, 1.54) is 19.3 Å². The molecule has 1 saturated carbocycles. The topological polar surface area (TPSA) is 35.2 Å². The molecule has 1 fully saturated rings. The normalized spacial score (nSPS) is 20.7. The third-order valence-corrected chi connectivity index (χ3v) is 4.64. The van der Waals surface area contributed by atoms with E-state index in [0.29, 0.717) is 0 Å². The van der Waals surface area contributed by atoms with E-state index in [0.717, 1.165) is 29.0 Å². The fourth-order valence-electron chi connectivity index (χ4n) is 2.90. The van der Waals surface area contributed by atoms with Crippen LogP contribution in [0.5, 0.6) is 0 Å². The number of rotatable bonds is 3. The first-order chi connectivity index (χ1) is 8.59. The summed E-state index contributed by atoms with van der Waals surface area (Å²) in [6.07, 6.45) is 5.75. The lowest BCUT2D eigenvalue weighted by Gasteiger charge is -2.41. The fraction of sp³-hybridized carbons (Fsp3) is 0.600. The highest BCUT2D eigenvalue weighted by atomic mass is 35.5. The van der Waals surface area contributed by atoms with Gasteiger partial charge in [-0.1, -0.05) is 43.0 Å². The average molecular weight is 268 g/mol. The molecule has 0 saturated heterocycles. The average Bonchev–Trinajstić information content (AvgIpc) is 2.42. The molecule has 1 aromatic rings. The second-order valence-corrected chi connectivity index (χ2v) is 5.72. The first-order valence-corrected chi connectivity index (χ1v) is 7.04. The minimum Gasteiger partial charge on any atom is -0.376 e. The van der Waals surface area contributed by atoms with Crippen LogP contribution in [-0.4, -0.2) is 12.7 Å². The van der Waals surface area contributed by atoms with Gasteiger partial charge in [-0.15, -0.1) is 0 Å². The Kier molecular flexibility index (Phi) is 4.31. The zero-order valence-corrected chi connectivity index (χ0v) is 12.0. The van der Waals surface area contributed by atoms with Gasteiger partial charge in [0.25, 0.3) is 0 Å². The van der Waals surface area contributed by atoms with Crippen molar-refractivity contribution in [2.75, 3.05) is 7.11 Å². The molecule has 0 spiro atoms. The fourth-order valence-corrected chi connectivity index (χ4v) is 3.09. The molecule has 1 aliphatic rings. The van der Waals surface area contributed by atoms with Crippen molar-refractivity contribution in [3.8, 4) is 0 Å². The Hall–Kier alpha value is -0.570. The highest BCUT2D eigenvalue weighted by Crippen LogP contribution is 2.40. The summed E-state index contributed by atoms with van der Waals surface area (Å²) in [5.41, 5.74) is 8.40. The number of hydrogen-bond acceptors (Lipinski definition) is 2. The van der Waals surface area contributed by atoms with Crippen LogP contribution in [0.25, 0.3) is 0 Å². The van der Waals surface area contributed by atoms with Crippen LogP contribution < -0.4 is 5.73 Å². The molecule has 1 aromatic carbocycles. The maximum atomic E-state index is 6.45. The zero-order chi connectivity index (χ0) is 13.2. The number of aryl methyl sites for hydroxylation is 1. The highest BCUT2D eigenvalue weighted by molar-refractivity contribution is 6.31. The summed E-state index contributed by atoms with van der Waals surface area (Å²) in [7, 11) is 1.78. The van der Waals surface area contributed by atoms with Crippen LogP contribution in [0.2, 0.25) is 5.02 Å². The summed E-state index contributed by atoms with van der Waals surface area (Å²) >= 11 is 6.19. The molecule has 0 amide bonds. The molecule has 2 rings (SSSR count). The number of halogens is 1. The highest BCUT2D eigenvalue weighted by Gasteiger charge is 2.38. The van der Waals surface area contributed by atoms with E-state index in [2.05, 4.69) is 6.07 Å². The van der Waals surface area contributed by atoms with Gasteiger partial charge in [0.2, 0.25) is 0 Å². The lowest BCUT2D eigenvalue weighted by Crippen LogP contribution is -2.44. The van der Waals surface area contributed by atoms with E-state index in [9.17, 15) is 0 Å². The predicted molar refractivity (Wildman–Crippen MR) is 75.9 cm³/mol. The molecule has 2 N–H and O–H groups in total. The van der Waals surface area contributed by atoms with Gasteiger partial charge in [0.1, 0.15) is 0 Å². The van der Waals surface area contributed by atoms with Crippen molar-refractivity contribution >= 4 is 11.6 Å². The number of ether oxygens (including phenoxy) is 1. The monoisotopic (exact) mass is 267 g/mol. The van der Waals surface area contributed by atoms with Crippen molar-refractivity contribution in [3.63, 3.8) is 0 Å². The molecule has 100 valence electrons. The molecule has 18 heavy (non-hydrogen) atoms. The maximum Gasteiger partial charge on any atom is 0.0870 e. The van der Waals surface area contributed by atoms with Crippen LogP contribution in [-0.2, 0) is 4.74 Å². The van der Waals surface area contributed by atoms with Crippen LogP contribution in [0.4, 0.5) is 0 Å². The van der Waals surface area contributed by atoms with E-state index in [1.54, 1.807) is 7.11 Å². The van der Waals surface area contributed by atoms with Crippen molar-refractivity contribution in [1.82, 2.24) is 0 Å². The first-order valence-electron chi connectivity index (χ1n) is 6.66. The molecule has 3 heteroatoms. The third kappa shape index (κ3) is 2.56. The Morgan fingerprint density at radius 3 is 2.50 bits per heavy atom. The molecular weight excluding hydrogens is 246 g/mol. The number of benzene rings is 1. The number of nitrogens with two attached hydrogens (primary N) is 1. The van der Waals surface area contributed by atoms with Crippen LogP contribution >= 0.6 is 11.6 Å². The molecule has 1 atom stereocenters. The summed E-state index contributed by atoms with van der Waals surface area (Å²) in [6.45, 7) is 2.00. The third-order valence-electron chi connectivity index (χ3n) is 4.23. The van der Waals surface area contributed by atoms with E-state index < -0.39 is 0 Å². The van der Waals surface area contributed by atoms with Gasteiger partial charge in [0, 0.05) is 12.1 Å². The minimum atomic E-state index is -0.211. The Morgan fingerprint density at radius 1 is 1.28 bits per heavy atom. The van der Waals surface area contributed by atoms with Gasteiger partial charge in [-0.3, -0.25) is 0 Å². The van der Waals surface area contributed by atoms with E-state index >= 15 is 0 Å². The lowest BCUT2D eigenvalue weighted by molar-refractivity contribution is -0.0595. The van der Waals surface area contributed by atoms with Crippen LogP contribution in [0, 0.1) is 6.92 Å². The quantitative estimate of drug-likeness (QED) is 0.898. The van der Waals surface area contributed by atoms with Crippen molar-refractivity contribution < 1.29 is 4.74 Å².